The van der Waals surface area contributed by atoms with Gasteiger partial charge < -0.3 is 4.42 Å². The first kappa shape index (κ1) is 12.4. The van der Waals surface area contributed by atoms with E-state index >= 15 is 0 Å². The Balaban J connectivity index is 1.68. The van der Waals surface area contributed by atoms with Crippen molar-refractivity contribution in [3.8, 4) is 0 Å². The molecule has 90 valence electrons. The van der Waals surface area contributed by atoms with Crippen molar-refractivity contribution < 1.29 is 9.21 Å². The van der Waals surface area contributed by atoms with Crippen LogP contribution in [-0.2, 0) is 0 Å². The van der Waals surface area contributed by atoms with Gasteiger partial charge in [-0.15, -0.1) is 11.3 Å². The topological polar surface area (TPSA) is 43.1 Å². The third kappa shape index (κ3) is 3.71. The molecular formula is C12H13NO2S2. The first-order chi connectivity index (χ1) is 8.25. The molecular weight excluding hydrogens is 254 g/mol. The van der Waals surface area contributed by atoms with Crippen molar-refractivity contribution in [2.24, 2.45) is 0 Å². The van der Waals surface area contributed by atoms with Gasteiger partial charge >= 0.3 is 0 Å². The van der Waals surface area contributed by atoms with Crippen LogP contribution in [0.5, 0.6) is 0 Å². The van der Waals surface area contributed by atoms with Crippen LogP contribution in [0, 0.1) is 6.92 Å². The number of aromatic nitrogens is 1. The van der Waals surface area contributed by atoms with Gasteiger partial charge in [-0.2, -0.15) is 0 Å². The lowest BCUT2D eigenvalue weighted by atomic mass is 10.2. The molecule has 0 aliphatic heterocycles. The van der Waals surface area contributed by atoms with Crippen molar-refractivity contribution in [1.29, 1.82) is 0 Å². The molecule has 0 saturated carbocycles. The predicted octanol–water partition coefficient (Wildman–Crippen LogP) is 3.80. The summed E-state index contributed by atoms with van der Waals surface area (Å²) in [4.78, 5) is 16.7. The summed E-state index contributed by atoms with van der Waals surface area (Å²) in [6.45, 7) is 1.90. The Morgan fingerprint density at radius 3 is 3.12 bits per heavy atom. The minimum atomic E-state index is 0.226. The summed E-state index contributed by atoms with van der Waals surface area (Å²) in [6.07, 6.45) is 3.08. The number of aryl methyl sites for hydroxylation is 1. The van der Waals surface area contributed by atoms with Crippen molar-refractivity contribution >= 4 is 28.9 Å². The van der Waals surface area contributed by atoms with Crippen LogP contribution in [0.1, 0.15) is 28.2 Å². The smallest absolute Gasteiger partial charge is 0.255 e. The summed E-state index contributed by atoms with van der Waals surface area (Å²) in [6, 6.07) is 3.78. The fourth-order valence-corrected chi connectivity index (χ4v) is 2.83. The van der Waals surface area contributed by atoms with Crippen molar-refractivity contribution in [3.63, 3.8) is 0 Å². The molecule has 0 radical (unpaired) electrons. The van der Waals surface area contributed by atoms with Gasteiger partial charge in [0.15, 0.2) is 5.78 Å². The highest BCUT2D eigenvalue weighted by molar-refractivity contribution is 7.99. The zero-order valence-corrected chi connectivity index (χ0v) is 11.1. The molecule has 17 heavy (non-hydrogen) atoms. The fourth-order valence-electron chi connectivity index (χ4n) is 1.35. The second-order valence-electron chi connectivity index (χ2n) is 3.61. The first-order valence-electron chi connectivity index (χ1n) is 5.37. The maximum absolute atomic E-state index is 11.7. The summed E-state index contributed by atoms with van der Waals surface area (Å²) in [5.74, 6) is 1.08. The Kier molecular flexibility index (Phi) is 4.39. The van der Waals surface area contributed by atoms with Crippen molar-refractivity contribution in [1.82, 2.24) is 4.98 Å². The minimum absolute atomic E-state index is 0.226. The van der Waals surface area contributed by atoms with Crippen molar-refractivity contribution in [2.45, 2.75) is 25.0 Å². The molecule has 2 aromatic heterocycles. The van der Waals surface area contributed by atoms with Gasteiger partial charge in [-0.1, -0.05) is 17.8 Å². The third-order valence-corrected chi connectivity index (χ3v) is 4.01. The normalized spacial score (nSPS) is 10.6. The highest BCUT2D eigenvalue weighted by Gasteiger charge is 2.07. The van der Waals surface area contributed by atoms with E-state index in [1.807, 2.05) is 24.4 Å². The molecule has 0 aromatic carbocycles. The van der Waals surface area contributed by atoms with Gasteiger partial charge in [0.25, 0.3) is 5.22 Å². The van der Waals surface area contributed by atoms with Gasteiger partial charge in [0.2, 0.25) is 0 Å². The molecule has 0 fully saturated rings. The first-order valence-corrected chi connectivity index (χ1v) is 7.24. The molecule has 2 rings (SSSR count). The van der Waals surface area contributed by atoms with Crippen LogP contribution in [0.3, 0.4) is 0 Å². The molecule has 0 N–H and O–H groups in total. The lowest BCUT2D eigenvalue weighted by Crippen LogP contribution is -1.96. The molecule has 2 heterocycles. The summed E-state index contributed by atoms with van der Waals surface area (Å²) in [5.41, 5.74) is 0.891. The van der Waals surface area contributed by atoms with Crippen LogP contribution in [0.25, 0.3) is 0 Å². The lowest BCUT2D eigenvalue weighted by molar-refractivity contribution is 0.0986. The fraction of sp³-hybridized carbons (Fsp3) is 0.333. The van der Waals surface area contributed by atoms with Crippen LogP contribution < -0.4 is 0 Å². The number of nitrogens with zero attached hydrogens (tertiary/aromatic N) is 1. The van der Waals surface area contributed by atoms with Crippen LogP contribution in [-0.4, -0.2) is 16.5 Å². The van der Waals surface area contributed by atoms with Crippen LogP contribution >= 0.6 is 23.1 Å². The molecule has 5 heteroatoms. The van der Waals surface area contributed by atoms with Gasteiger partial charge in [0.1, 0.15) is 6.26 Å². The second-order valence-corrected chi connectivity index (χ2v) is 5.60. The molecule has 0 saturated heterocycles. The number of carbonyl (C=O) groups excluding carboxylic acids is 1. The van der Waals surface area contributed by atoms with E-state index in [1.165, 1.54) is 11.3 Å². The van der Waals surface area contributed by atoms with E-state index in [9.17, 15) is 4.79 Å². The average molecular weight is 267 g/mol. The van der Waals surface area contributed by atoms with E-state index in [4.69, 9.17) is 4.42 Å². The maximum atomic E-state index is 11.7. The number of oxazole rings is 1. The molecule has 0 aliphatic carbocycles. The number of hydrogen-bond donors (Lipinski definition) is 0. The van der Waals surface area contributed by atoms with Crippen LogP contribution in [0.2, 0.25) is 0 Å². The number of ketones is 1. The molecule has 0 spiro atoms. The highest BCUT2D eigenvalue weighted by atomic mass is 32.2. The largest absolute Gasteiger partial charge is 0.440 e. The van der Waals surface area contributed by atoms with Gasteiger partial charge in [0.05, 0.1) is 10.6 Å². The standard InChI is InChI=1S/C12H13NO2S2/c1-9-8-15-12(13-9)17-7-2-4-10(14)11-5-3-6-16-11/h3,5-6,8H,2,4,7H2,1H3. The predicted molar refractivity (Wildman–Crippen MR) is 69.8 cm³/mol. The monoisotopic (exact) mass is 267 g/mol. The third-order valence-electron chi connectivity index (χ3n) is 2.17. The van der Waals surface area contributed by atoms with Crippen molar-refractivity contribution in [2.75, 3.05) is 5.75 Å². The molecule has 0 bridgehead atoms. The quantitative estimate of drug-likeness (QED) is 0.453. The zero-order valence-electron chi connectivity index (χ0n) is 9.51. The Morgan fingerprint density at radius 1 is 1.59 bits per heavy atom. The van der Waals surface area contributed by atoms with Crippen LogP contribution in [0.4, 0.5) is 0 Å². The van der Waals surface area contributed by atoms with Gasteiger partial charge in [0, 0.05) is 12.2 Å². The highest BCUT2D eigenvalue weighted by Crippen LogP contribution is 2.19. The molecule has 0 amide bonds. The number of hydrogen-bond acceptors (Lipinski definition) is 5. The number of thioether (sulfide) groups is 1. The Morgan fingerprint density at radius 2 is 2.47 bits per heavy atom. The zero-order chi connectivity index (χ0) is 12.1. The number of rotatable bonds is 6. The molecule has 0 aliphatic rings. The summed E-state index contributed by atoms with van der Waals surface area (Å²) in [5, 5.41) is 2.61. The Bertz CT molecular complexity index is 476. The van der Waals surface area contributed by atoms with Gasteiger partial charge in [-0.05, 0) is 24.8 Å². The molecule has 0 unspecified atom stereocenters. The van der Waals surface area contributed by atoms with E-state index in [0.717, 1.165) is 22.7 Å². The minimum Gasteiger partial charge on any atom is -0.440 e. The van der Waals surface area contributed by atoms with E-state index in [1.54, 1.807) is 18.0 Å². The SMILES string of the molecule is Cc1coc(SCCCC(=O)c2cccs2)n1. The van der Waals surface area contributed by atoms with Crippen LogP contribution in [0.15, 0.2) is 33.4 Å². The van der Waals surface area contributed by atoms with Gasteiger partial charge in [-0.3, -0.25) is 4.79 Å². The average Bonchev–Trinajstić information content (AvgIpc) is 2.95. The summed E-state index contributed by atoms with van der Waals surface area (Å²) >= 11 is 3.06. The molecule has 3 nitrogen and oxygen atoms in total. The van der Waals surface area contributed by atoms with E-state index in [0.29, 0.717) is 11.6 Å². The van der Waals surface area contributed by atoms with E-state index in [2.05, 4.69) is 4.98 Å². The molecule has 0 atom stereocenters. The number of thiophene rings is 1. The van der Waals surface area contributed by atoms with E-state index in [-0.39, 0.29) is 5.78 Å². The lowest BCUT2D eigenvalue weighted by Gasteiger charge is -1.97. The second kappa shape index (κ2) is 6.02. The number of carbonyl (C=O) groups is 1. The summed E-state index contributed by atoms with van der Waals surface area (Å²) in [7, 11) is 0. The van der Waals surface area contributed by atoms with Gasteiger partial charge in [-0.25, -0.2) is 4.98 Å². The van der Waals surface area contributed by atoms with Crippen molar-refractivity contribution in [3.05, 3.63) is 34.3 Å². The summed E-state index contributed by atoms with van der Waals surface area (Å²) < 4.78 is 5.21. The Labute approximate surface area is 108 Å². The molecule has 2 aromatic rings. The maximum Gasteiger partial charge on any atom is 0.255 e. The Hall–Kier alpha value is -1.07. The number of Topliss-reactive ketones (excluding diaryl/α,β-unsaturated/α-hetero) is 1. The van der Waals surface area contributed by atoms with E-state index < -0.39 is 0 Å².